The number of ketones is 1. The van der Waals surface area contributed by atoms with Crippen LogP contribution in [0.1, 0.15) is 54.4 Å². The van der Waals surface area contributed by atoms with Crippen molar-refractivity contribution in [3.63, 3.8) is 0 Å². The average Bonchev–Trinajstić information content (AvgIpc) is 2.69. The first-order valence-electron chi connectivity index (χ1n) is 8.33. The van der Waals surface area contributed by atoms with Crippen molar-refractivity contribution in [1.29, 1.82) is 0 Å². The third kappa shape index (κ3) is 2.92. The first kappa shape index (κ1) is 18.4. The Balaban J connectivity index is 2.65. The molecule has 0 radical (unpaired) electrons. The normalized spacial score (nSPS) is 32.6. The van der Waals surface area contributed by atoms with Gasteiger partial charge in [0.2, 0.25) is 0 Å². The Hall–Kier alpha value is -1.91. The van der Waals surface area contributed by atoms with E-state index in [1.807, 2.05) is 33.8 Å². The van der Waals surface area contributed by atoms with Crippen molar-refractivity contribution in [2.75, 3.05) is 0 Å². The van der Waals surface area contributed by atoms with Gasteiger partial charge in [0.15, 0.2) is 18.0 Å². The molecule has 5 nitrogen and oxygen atoms in total. The molecule has 0 bridgehead atoms. The Labute approximate surface area is 143 Å². The molecule has 0 heterocycles. The van der Waals surface area contributed by atoms with Crippen molar-refractivity contribution >= 4 is 17.7 Å². The summed E-state index contributed by atoms with van der Waals surface area (Å²) in [5.41, 5.74) is 1.86. The minimum absolute atomic E-state index is 0.00154. The number of hydrogen-bond acceptors (Lipinski definition) is 5. The minimum Gasteiger partial charge on any atom is -0.457 e. The molecule has 0 unspecified atom stereocenters. The maximum atomic E-state index is 12.6. The highest BCUT2D eigenvalue weighted by Gasteiger charge is 2.59. The molecule has 4 atom stereocenters. The predicted octanol–water partition coefficient (Wildman–Crippen LogP) is 3.13. The SMILES string of the molecule is CC(=O)O[C@@H]1C(C)=CC[C@@]2(C(=C(C)C)C(=O)C[C@H]2C)[C@@H]1OC(C)=O. The summed E-state index contributed by atoms with van der Waals surface area (Å²) >= 11 is 0. The summed E-state index contributed by atoms with van der Waals surface area (Å²) in [7, 11) is 0. The highest BCUT2D eigenvalue weighted by Crippen LogP contribution is 2.56. The lowest BCUT2D eigenvalue weighted by molar-refractivity contribution is -0.175. The van der Waals surface area contributed by atoms with Crippen molar-refractivity contribution in [3.05, 3.63) is 22.8 Å². The lowest BCUT2D eigenvalue weighted by Gasteiger charge is -2.46. The fraction of sp³-hybridized carbons (Fsp3) is 0.632. The van der Waals surface area contributed by atoms with Gasteiger partial charge in [-0.05, 0) is 38.7 Å². The number of Topliss-reactive ketones (excluding diaryl/α,β-unsaturated/α-hetero) is 1. The number of ether oxygens (including phenoxy) is 2. The molecule has 0 aromatic rings. The first-order chi connectivity index (χ1) is 11.1. The molecule has 1 fully saturated rings. The van der Waals surface area contributed by atoms with Crippen LogP contribution >= 0.6 is 0 Å². The van der Waals surface area contributed by atoms with Crippen LogP contribution in [0, 0.1) is 11.3 Å². The molecule has 0 N–H and O–H groups in total. The van der Waals surface area contributed by atoms with Crippen molar-refractivity contribution in [1.82, 2.24) is 0 Å². The van der Waals surface area contributed by atoms with Gasteiger partial charge in [-0.15, -0.1) is 0 Å². The third-order valence-corrected chi connectivity index (χ3v) is 5.19. The van der Waals surface area contributed by atoms with E-state index in [0.29, 0.717) is 12.8 Å². The molecular weight excluding hydrogens is 308 g/mol. The van der Waals surface area contributed by atoms with Crippen molar-refractivity contribution in [2.45, 2.75) is 66.6 Å². The van der Waals surface area contributed by atoms with Crippen LogP contribution in [-0.2, 0) is 23.9 Å². The maximum absolute atomic E-state index is 12.6. The molecule has 2 rings (SSSR count). The second-order valence-corrected chi connectivity index (χ2v) is 7.16. The van der Waals surface area contributed by atoms with Gasteiger partial charge in [0.1, 0.15) is 0 Å². The minimum atomic E-state index is -0.685. The van der Waals surface area contributed by atoms with Crippen LogP contribution in [0.2, 0.25) is 0 Å². The molecule has 132 valence electrons. The molecule has 0 saturated heterocycles. The quantitative estimate of drug-likeness (QED) is 0.441. The summed E-state index contributed by atoms with van der Waals surface area (Å²) in [5, 5.41) is 0. The molecule has 0 aromatic heterocycles. The van der Waals surface area contributed by atoms with Crippen molar-refractivity contribution < 1.29 is 23.9 Å². The number of carbonyl (C=O) groups excluding carboxylic acids is 3. The Bertz CT molecular complexity index is 638. The maximum Gasteiger partial charge on any atom is 0.303 e. The van der Waals surface area contributed by atoms with Gasteiger partial charge < -0.3 is 9.47 Å². The fourth-order valence-electron chi connectivity index (χ4n) is 4.29. The molecule has 1 spiro atoms. The zero-order chi connectivity index (χ0) is 18.2. The Morgan fingerprint density at radius 3 is 2.21 bits per heavy atom. The monoisotopic (exact) mass is 334 g/mol. The van der Waals surface area contributed by atoms with Gasteiger partial charge in [-0.25, -0.2) is 0 Å². The summed E-state index contributed by atoms with van der Waals surface area (Å²) in [6, 6.07) is 0. The predicted molar refractivity (Wildman–Crippen MR) is 89.1 cm³/mol. The van der Waals surface area contributed by atoms with Crippen LogP contribution in [0.15, 0.2) is 22.8 Å². The number of allylic oxidation sites excluding steroid dienone is 2. The Morgan fingerprint density at radius 2 is 1.71 bits per heavy atom. The Morgan fingerprint density at radius 1 is 1.12 bits per heavy atom. The molecule has 1 saturated carbocycles. The molecular formula is C19H26O5. The van der Waals surface area contributed by atoms with Crippen LogP contribution in [0.3, 0.4) is 0 Å². The van der Waals surface area contributed by atoms with Crippen LogP contribution in [0.4, 0.5) is 0 Å². The smallest absolute Gasteiger partial charge is 0.303 e. The fourth-order valence-corrected chi connectivity index (χ4v) is 4.29. The van der Waals surface area contributed by atoms with Crippen LogP contribution in [0.5, 0.6) is 0 Å². The summed E-state index contributed by atoms with van der Waals surface area (Å²) in [6.45, 7) is 10.4. The Kier molecular flexibility index (Phi) is 5.02. The van der Waals surface area contributed by atoms with E-state index in [1.165, 1.54) is 13.8 Å². The van der Waals surface area contributed by atoms with Gasteiger partial charge in [-0.3, -0.25) is 14.4 Å². The number of rotatable bonds is 2. The van der Waals surface area contributed by atoms with E-state index < -0.39 is 29.6 Å². The van der Waals surface area contributed by atoms with E-state index in [4.69, 9.17) is 9.47 Å². The topological polar surface area (TPSA) is 69.7 Å². The molecule has 0 amide bonds. The van der Waals surface area contributed by atoms with Gasteiger partial charge in [-0.1, -0.05) is 18.6 Å². The van der Waals surface area contributed by atoms with Gasteiger partial charge in [-0.2, -0.15) is 0 Å². The van der Waals surface area contributed by atoms with Gasteiger partial charge in [0.05, 0.1) is 0 Å². The zero-order valence-electron chi connectivity index (χ0n) is 15.3. The highest BCUT2D eigenvalue weighted by molar-refractivity contribution is 6.00. The largest absolute Gasteiger partial charge is 0.457 e. The van der Waals surface area contributed by atoms with Gasteiger partial charge >= 0.3 is 11.9 Å². The van der Waals surface area contributed by atoms with E-state index in [2.05, 4.69) is 0 Å². The molecule has 2 aliphatic rings. The summed E-state index contributed by atoms with van der Waals surface area (Å²) in [5.74, 6) is -0.778. The molecule has 0 aliphatic heterocycles. The van der Waals surface area contributed by atoms with E-state index in [-0.39, 0.29) is 11.7 Å². The third-order valence-electron chi connectivity index (χ3n) is 5.19. The van der Waals surface area contributed by atoms with Crippen molar-refractivity contribution in [3.8, 4) is 0 Å². The lowest BCUT2D eigenvalue weighted by atomic mass is 9.63. The second kappa shape index (κ2) is 6.54. The van der Waals surface area contributed by atoms with Crippen molar-refractivity contribution in [2.24, 2.45) is 11.3 Å². The molecule has 5 heteroatoms. The summed E-state index contributed by atoms with van der Waals surface area (Å²) in [4.78, 5) is 36.0. The zero-order valence-corrected chi connectivity index (χ0v) is 15.3. The number of esters is 2. The van der Waals surface area contributed by atoms with E-state index >= 15 is 0 Å². The summed E-state index contributed by atoms with van der Waals surface area (Å²) < 4.78 is 11.2. The van der Waals surface area contributed by atoms with E-state index in [1.54, 1.807) is 0 Å². The van der Waals surface area contributed by atoms with E-state index in [9.17, 15) is 14.4 Å². The first-order valence-corrected chi connectivity index (χ1v) is 8.33. The van der Waals surface area contributed by atoms with E-state index in [0.717, 1.165) is 16.7 Å². The number of hydrogen-bond donors (Lipinski definition) is 0. The standard InChI is InChI=1S/C19H26O5/c1-10(2)16-15(22)9-12(4)19(16)8-7-11(3)17(23-13(5)20)18(19)24-14(6)21/h7,12,17-18H,8-9H2,1-6H3/t12-,17-,18-,19-/m1/s1. The molecule has 2 aliphatic carbocycles. The average molecular weight is 334 g/mol. The summed E-state index contributed by atoms with van der Waals surface area (Å²) in [6.07, 6.45) is 1.67. The molecule has 24 heavy (non-hydrogen) atoms. The van der Waals surface area contributed by atoms with Crippen LogP contribution in [-0.4, -0.2) is 29.9 Å². The van der Waals surface area contributed by atoms with Crippen LogP contribution in [0.25, 0.3) is 0 Å². The van der Waals surface area contributed by atoms with Crippen LogP contribution < -0.4 is 0 Å². The molecule has 0 aromatic carbocycles. The lowest BCUT2D eigenvalue weighted by Crippen LogP contribution is -2.52. The number of carbonyl (C=O) groups is 3. The van der Waals surface area contributed by atoms with Gasteiger partial charge in [0, 0.05) is 31.3 Å². The second-order valence-electron chi connectivity index (χ2n) is 7.16. The highest BCUT2D eigenvalue weighted by atomic mass is 16.6. The van der Waals surface area contributed by atoms with Gasteiger partial charge in [0.25, 0.3) is 0 Å².